The maximum absolute atomic E-state index is 10.6. The number of carbonyl (C=O) groups excluding carboxylic acids is 1. The molecule has 1 fully saturated rings. The first kappa shape index (κ1) is 10.8. The van der Waals surface area contributed by atoms with Crippen LogP contribution in [0.15, 0.2) is 22.9 Å². The van der Waals surface area contributed by atoms with E-state index >= 15 is 0 Å². The molecule has 0 atom stereocenters. The molecule has 0 spiro atoms. The summed E-state index contributed by atoms with van der Waals surface area (Å²) in [6.07, 6.45) is 7.35. The van der Waals surface area contributed by atoms with Gasteiger partial charge in [0.15, 0.2) is 0 Å². The Morgan fingerprint density at radius 3 is 2.53 bits per heavy atom. The highest BCUT2D eigenvalue weighted by Crippen LogP contribution is 2.34. The number of nitrogens with zero attached hydrogens (tertiary/aromatic N) is 1. The van der Waals surface area contributed by atoms with Crippen LogP contribution in [0.4, 0.5) is 0 Å². The molecule has 0 radical (unpaired) electrons. The van der Waals surface area contributed by atoms with Crippen molar-refractivity contribution in [3.8, 4) is 0 Å². The monoisotopic (exact) mass is 267 g/mol. The quantitative estimate of drug-likeness (QED) is 0.608. The zero-order valence-electron chi connectivity index (χ0n) is 8.53. The fourth-order valence-corrected chi connectivity index (χ4v) is 2.45. The molecular formula is C12H14BrNO. The second kappa shape index (κ2) is 4.88. The molecule has 0 saturated heterocycles. The van der Waals surface area contributed by atoms with Gasteiger partial charge < -0.3 is 4.79 Å². The van der Waals surface area contributed by atoms with Crippen molar-refractivity contribution < 1.29 is 4.79 Å². The van der Waals surface area contributed by atoms with E-state index in [0.717, 1.165) is 36.6 Å². The maximum atomic E-state index is 10.6. The van der Waals surface area contributed by atoms with Crippen molar-refractivity contribution in [2.45, 2.75) is 31.6 Å². The highest BCUT2D eigenvalue weighted by atomic mass is 79.9. The van der Waals surface area contributed by atoms with E-state index in [9.17, 15) is 4.79 Å². The topological polar surface area (TPSA) is 30.0 Å². The van der Waals surface area contributed by atoms with E-state index in [2.05, 4.69) is 27.0 Å². The molecule has 3 heteroatoms. The summed E-state index contributed by atoms with van der Waals surface area (Å²) in [5.74, 6) is 0.895. The molecule has 1 aliphatic rings. The molecule has 0 N–H and O–H groups in total. The average Bonchev–Trinajstić information content (AvgIpc) is 2.30. The Balaban J connectivity index is 2.01. The predicted octanol–water partition coefficient (Wildman–Crippen LogP) is 3.32. The first-order valence-electron chi connectivity index (χ1n) is 5.36. The van der Waals surface area contributed by atoms with Gasteiger partial charge in [-0.05, 0) is 59.2 Å². The van der Waals surface area contributed by atoms with Crippen LogP contribution in [0.1, 0.15) is 37.2 Å². The van der Waals surface area contributed by atoms with Crippen LogP contribution in [0.2, 0.25) is 0 Å². The first-order chi connectivity index (χ1) is 7.29. The summed E-state index contributed by atoms with van der Waals surface area (Å²) in [6.45, 7) is 0. The molecule has 1 heterocycles. The maximum Gasteiger partial charge on any atom is 0.123 e. The van der Waals surface area contributed by atoms with Crippen LogP contribution in [-0.2, 0) is 4.79 Å². The summed E-state index contributed by atoms with van der Waals surface area (Å²) in [5.41, 5.74) is 1.31. The molecule has 0 amide bonds. The molecule has 1 saturated carbocycles. The lowest BCUT2D eigenvalue weighted by atomic mass is 9.80. The van der Waals surface area contributed by atoms with E-state index in [4.69, 9.17) is 0 Å². The van der Waals surface area contributed by atoms with Crippen LogP contribution in [0.3, 0.4) is 0 Å². The zero-order chi connectivity index (χ0) is 10.7. The lowest BCUT2D eigenvalue weighted by molar-refractivity contribution is -0.111. The summed E-state index contributed by atoms with van der Waals surface area (Å²) >= 11 is 3.33. The molecule has 1 aliphatic carbocycles. The molecule has 15 heavy (non-hydrogen) atoms. The zero-order valence-corrected chi connectivity index (χ0v) is 10.1. The van der Waals surface area contributed by atoms with E-state index in [-0.39, 0.29) is 0 Å². The number of aromatic nitrogens is 1. The van der Waals surface area contributed by atoms with E-state index in [0.29, 0.717) is 11.8 Å². The molecule has 0 aromatic carbocycles. The van der Waals surface area contributed by atoms with Crippen molar-refractivity contribution in [1.29, 1.82) is 0 Å². The van der Waals surface area contributed by atoms with Crippen molar-refractivity contribution in [3.05, 3.63) is 28.5 Å². The molecular weight excluding hydrogens is 254 g/mol. The minimum Gasteiger partial charge on any atom is -0.303 e. The Morgan fingerprint density at radius 1 is 1.27 bits per heavy atom. The third kappa shape index (κ3) is 2.65. The van der Waals surface area contributed by atoms with Crippen molar-refractivity contribution in [2.24, 2.45) is 5.92 Å². The van der Waals surface area contributed by atoms with E-state index in [1.807, 2.05) is 12.3 Å². The number of rotatable bonds is 2. The van der Waals surface area contributed by atoms with Gasteiger partial charge in [0.2, 0.25) is 0 Å². The standard InChI is InChI=1S/C12H14BrNO/c13-12-6-5-11(7-14-12)10-3-1-9(8-15)2-4-10/h5-10H,1-4H2. The van der Waals surface area contributed by atoms with Gasteiger partial charge in [0, 0.05) is 12.1 Å². The van der Waals surface area contributed by atoms with Crippen LogP contribution in [-0.4, -0.2) is 11.3 Å². The highest BCUT2D eigenvalue weighted by Gasteiger charge is 2.21. The Bertz CT molecular complexity index is 328. The number of pyridine rings is 1. The molecule has 80 valence electrons. The fourth-order valence-electron chi connectivity index (χ4n) is 2.22. The smallest absolute Gasteiger partial charge is 0.123 e. The van der Waals surface area contributed by atoms with Crippen LogP contribution in [0.5, 0.6) is 0 Å². The van der Waals surface area contributed by atoms with Crippen molar-refractivity contribution >= 4 is 22.2 Å². The number of hydrogen-bond acceptors (Lipinski definition) is 2. The largest absolute Gasteiger partial charge is 0.303 e. The third-order valence-corrected chi connectivity index (χ3v) is 3.66. The molecule has 1 aromatic heterocycles. The van der Waals surface area contributed by atoms with E-state index < -0.39 is 0 Å². The second-order valence-electron chi connectivity index (χ2n) is 4.16. The van der Waals surface area contributed by atoms with Gasteiger partial charge >= 0.3 is 0 Å². The molecule has 0 unspecified atom stereocenters. The molecule has 1 aromatic rings. The molecule has 0 aliphatic heterocycles. The van der Waals surface area contributed by atoms with Crippen LogP contribution < -0.4 is 0 Å². The van der Waals surface area contributed by atoms with Crippen LogP contribution in [0, 0.1) is 5.92 Å². The summed E-state index contributed by atoms with van der Waals surface area (Å²) in [4.78, 5) is 14.9. The highest BCUT2D eigenvalue weighted by molar-refractivity contribution is 9.10. The molecule has 0 bridgehead atoms. The SMILES string of the molecule is O=CC1CCC(c2ccc(Br)nc2)CC1. The lowest BCUT2D eigenvalue weighted by Gasteiger charge is -2.25. The van der Waals surface area contributed by atoms with Gasteiger partial charge in [0.25, 0.3) is 0 Å². The minimum absolute atomic E-state index is 0.296. The van der Waals surface area contributed by atoms with Gasteiger partial charge in [0.1, 0.15) is 10.9 Å². The van der Waals surface area contributed by atoms with Gasteiger partial charge in [-0.3, -0.25) is 0 Å². The lowest BCUT2D eigenvalue weighted by Crippen LogP contribution is -2.14. The summed E-state index contributed by atoms with van der Waals surface area (Å²) in [7, 11) is 0. The Labute approximate surface area is 98.2 Å². The summed E-state index contributed by atoms with van der Waals surface area (Å²) in [5, 5.41) is 0. The third-order valence-electron chi connectivity index (χ3n) is 3.19. The van der Waals surface area contributed by atoms with Gasteiger partial charge in [-0.1, -0.05) is 6.07 Å². The van der Waals surface area contributed by atoms with Crippen LogP contribution >= 0.6 is 15.9 Å². The Kier molecular flexibility index (Phi) is 3.52. The predicted molar refractivity (Wildman–Crippen MR) is 62.7 cm³/mol. The van der Waals surface area contributed by atoms with Crippen molar-refractivity contribution in [2.75, 3.05) is 0 Å². The molecule has 2 rings (SSSR count). The molecule has 2 nitrogen and oxygen atoms in total. The van der Waals surface area contributed by atoms with Gasteiger partial charge in [-0.2, -0.15) is 0 Å². The first-order valence-corrected chi connectivity index (χ1v) is 6.15. The summed E-state index contributed by atoms with van der Waals surface area (Å²) < 4.78 is 0.882. The number of aldehydes is 1. The second-order valence-corrected chi connectivity index (χ2v) is 4.97. The number of halogens is 1. The van der Waals surface area contributed by atoms with Gasteiger partial charge in [-0.15, -0.1) is 0 Å². The van der Waals surface area contributed by atoms with E-state index in [1.165, 1.54) is 5.56 Å². The Morgan fingerprint density at radius 2 is 2.00 bits per heavy atom. The van der Waals surface area contributed by atoms with Crippen LogP contribution in [0.25, 0.3) is 0 Å². The van der Waals surface area contributed by atoms with Crippen molar-refractivity contribution in [3.63, 3.8) is 0 Å². The Hall–Kier alpha value is -0.700. The van der Waals surface area contributed by atoms with Gasteiger partial charge in [0.05, 0.1) is 0 Å². The number of hydrogen-bond donors (Lipinski definition) is 0. The normalized spacial score (nSPS) is 26.2. The fraction of sp³-hybridized carbons (Fsp3) is 0.500. The van der Waals surface area contributed by atoms with Crippen molar-refractivity contribution in [1.82, 2.24) is 4.98 Å². The van der Waals surface area contributed by atoms with E-state index in [1.54, 1.807) is 0 Å². The number of carbonyl (C=O) groups is 1. The average molecular weight is 268 g/mol. The summed E-state index contributed by atoms with van der Waals surface area (Å²) in [6, 6.07) is 4.12. The van der Waals surface area contributed by atoms with Gasteiger partial charge in [-0.25, -0.2) is 4.98 Å². The minimum atomic E-state index is 0.296.